The van der Waals surface area contributed by atoms with Gasteiger partial charge in [-0.3, -0.25) is 43.4 Å². The van der Waals surface area contributed by atoms with Gasteiger partial charge in [0.25, 0.3) is 11.8 Å². The number of carbonyl (C=O) groups is 8. The number of hydrogen-bond acceptors (Lipinski definition) is 14. The molecule has 416 valence electrons. The van der Waals surface area contributed by atoms with Gasteiger partial charge in [-0.2, -0.15) is 0 Å². The van der Waals surface area contributed by atoms with Crippen molar-refractivity contribution in [1.82, 2.24) is 35.6 Å². The molecule has 0 bridgehead atoms. The number of rotatable bonds is 34. The molecule has 2 aliphatic rings. The number of benzene rings is 1. The Morgan fingerprint density at radius 3 is 2.04 bits per heavy atom. The topological polar surface area (TPSA) is 232 Å². The van der Waals surface area contributed by atoms with Gasteiger partial charge in [0, 0.05) is 79.0 Å². The Kier molecular flexibility index (Phi) is 27.4. The lowest BCUT2D eigenvalue weighted by atomic mass is 9.89. The molecule has 7 amide bonds. The Morgan fingerprint density at radius 1 is 0.811 bits per heavy atom. The summed E-state index contributed by atoms with van der Waals surface area (Å²) in [6, 6.07) is 6.03. The summed E-state index contributed by atoms with van der Waals surface area (Å²) < 4.78 is 28.3. The molecule has 0 aromatic heterocycles. The van der Waals surface area contributed by atoms with Crippen molar-refractivity contribution in [2.45, 2.75) is 136 Å². The van der Waals surface area contributed by atoms with Crippen molar-refractivity contribution in [3.8, 4) is 0 Å². The third-order valence-corrected chi connectivity index (χ3v) is 14.2. The Labute approximate surface area is 439 Å². The van der Waals surface area contributed by atoms with Gasteiger partial charge in [0.15, 0.2) is 0 Å². The summed E-state index contributed by atoms with van der Waals surface area (Å²) in [5.41, 5.74) is 0.858. The molecule has 20 nitrogen and oxygen atoms in total. The molecule has 74 heavy (non-hydrogen) atoms. The number of likely N-dealkylation sites (N-methyl/N-ethyl adjacent to an activating group) is 2. The highest BCUT2D eigenvalue weighted by molar-refractivity contribution is 6.12. The summed E-state index contributed by atoms with van der Waals surface area (Å²) in [6.07, 6.45) is 3.94. The second-order valence-electron chi connectivity index (χ2n) is 20.1. The second-order valence-corrected chi connectivity index (χ2v) is 20.1. The van der Waals surface area contributed by atoms with Crippen molar-refractivity contribution < 1.29 is 62.0 Å². The Balaban J connectivity index is 1.57. The van der Waals surface area contributed by atoms with Crippen LogP contribution in [0.2, 0.25) is 0 Å². The minimum atomic E-state index is -0.919. The van der Waals surface area contributed by atoms with Crippen LogP contribution in [-0.4, -0.2) is 197 Å². The predicted molar refractivity (Wildman–Crippen MR) is 278 cm³/mol. The molecular weight excluding hydrogens is 955 g/mol. The van der Waals surface area contributed by atoms with Gasteiger partial charge < -0.3 is 49.4 Å². The molecule has 0 spiro atoms. The molecule has 9 atom stereocenters. The predicted octanol–water partition coefficient (Wildman–Crippen LogP) is 2.76. The van der Waals surface area contributed by atoms with Crippen molar-refractivity contribution in [2.24, 2.45) is 23.7 Å². The molecule has 1 fully saturated rings. The highest BCUT2D eigenvalue weighted by atomic mass is 16.5. The van der Waals surface area contributed by atoms with Gasteiger partial charge in [0.2, 0.25) is 29.5 Å². The molecule has 1 saturated heterocycles. The molecule has 20 heteroatoms. The molecule has 1 aromatic carbocycles. The molecule has 2 aliphatic heterocycles. The smallest absolute Gasteiger partial charge is 0.328 e. The van der Waals surface area contributed by atoms with E-state index in [9.17, 15) is 38.4 Å². The number of amides is 7. The summed E-state index contributed by atoms with van der Waals surface area (Å²) in [4.78, 5) is 112. The summed E-state index contributed by atoms with van der Waals surface area (Å²) in [7, 11) is 7.90. The molecular formula is C54H87N7O13. The molecule has 0 aliphatic carbocycles. The lowest BCUT2D eigenvalue weighted by Gasteiger charge is -2.41. The van der Waals surface area contributed by atoms with E-state index < -0.39 is 72.0 Å². The van der Waals surface area contributed by atoms with E-state index in [1.807, 2.05) is 83.8 Å². The van der Waals surface area contributed by atoms with Gasteiger partial charge in [-0.15, -0.1) is 0 Å². The van der Waals surface area contributed by atoms with Crippen molar-refractivity contribution >= 4 is 47.3 Å². The van der Waals surface area contributed by atoms with E-state index in [4.69, 9.17) is 23.7 Å². The van der Waals surface area contributed by atoms with E-state index in [1.54, 1.807) is 23.8 Å². The number of carbonyl (C=O) groups excluding carboxylic acids is 8. The fourth-order valence-corrected chi connectivity index (χ4v) is 9.87. The number of likely N-dealkylation sites (tertiary alicyclic amines) is 1. The maximum Gasteiger partial charge on any atom is 0.328 e. The van der Waals surface area contributed by atoms with Crippen LogP contribution in [-0.2, 0) is 68.5 Å². The van der Waals surface area contributed by atoms with E-state index >= 15 is 0 Å². The highest BCUT2D eigenvalue weighted by Gasteiger charge is 2.44. The number of ether oxygens (including phenoxy) is 5. The number of nitrogens with zero attached hydrogens (tertiary/aromatic N) is 4. The molecule has 1 unspecified atom stereocenters. The molecule has 0 radical (unpaired) electrons. The zero-order chi connectivity index (χ0) is 55.1. The van der Waals surface area contributed by atoms with E-state index in [2.05, 4.69) is 16.0 Å². The Hall–Kier alpha value is -5.28. The van der Waals surface area contributed by atoms with E-state index in [0.717, 1.165) is 10.5 Å². The van der Waals surface area contributed by atoms with Crippen LogP contribution in [0.15, 0.2) is 42.5 Å². The summed E-state index contributed by atoms with van der Waals surface area (Å²) in [5.74, 6) is -3.98. The third kappa shape index (κ3) is 18.8. The van der Waals surface area contributed by atoms with Gasteiger partial charge in [0.05, 0.1) is 69.6 Å². The van der Waals surface area contributed by atoms with Crippen LogP contribution in [0.4, 0.5) is 0 Å². The summed E-state index contributed by atoms with van der Waals surface area (Å²) >= 11 is 0. The van der Waals surface area contributed by atoms with Gasteiger partial charge in [-0.05, 0) is 49.6 Å². The van der Waals surface area contributed by atoms with Gasteiger partial charge in [0.1, 0.15) is 12.1 Å². The Morgan fingerprint density at radius 2 is 1.46 bits per heavy atom. The van der Waals surface area contributed by atoms with E-state index in [0.29, 0.717) is 52.0 Å². The van der Waals surface area contributed by atoms with E-state index in [-0.39, 0.29) is 86.9 Å². The summed E-state index contributed by atoms with van der Waals surface area (Å²) in [5, 5.41) is 8.62. The van der Waals surface area contributed by atoms with Gasteiger partial charge in [-0.25, -0.2) is 4.79 Å². The lowest BCUT2D eigenvalue weighted by molar-refractivity contribution is -0.149. The van der Waals surface area contributed by atoms with Crippen LogP contribution in [0.1, 0.15) is 92.6 Å². The van der Waals surface area contributed by atoms with Crippen molar-refractivity contribution in [3.05, 3.63) is 48.0 Å². The SMILES string of the molecule is CC[C@H](C)[C@@H]([C@@H](CC(=O)N1CCC[C@H]1[C@H](OC)[C@@H](C)C(=O)NC(Cc1ccccc1)C(=O)OC)OC)N(C)C(=O)[C@@H](NC(=O)[C@H](C(C)C)N(C)CCCOCCOCCC(=O)NCCN1C(=O)C=CC1=O)C(C)C. The van der Waals surface area contributed by atoms with E-state index in [1.165, 1.54) is 33.5 Å². The van der Waals surface area contributed by atoms with Crippen molar-refractivity contribution in [2.75, 3.05) is 88.0 Å². The largest absolute Gasteiger partial charge is 0.467 e. The standard InChI is InChI=1S/C54H87N7O13/c1-13-37(6)49(42(70-10)34-46(65)60-27-17-21-41(60)50(71-11)38(7)51(66)56-40(54(69)72-12)33-39-19-15-14-16-20-39)59(9)53(68)47(35(2)3)57-52(67)48(36(4)5)58(8)26-18-29-73-31-32-74-30-24-43(62)55-25-28-61-44(63)22-23-45(61)64/h14-16,19-20,22-23,35-38,40-42,47-50H,13,17-18,21,24-34H2,1-12H3,(H,55,62)(H,56,66)(H,57,67)/t37-,38+,40?,41-,42+,47-,48-,49-,50+/m0/s1. The number of esters is 1. The first kappa shape index (κ1) is 63.0. The average molecular weight is 1040 g/mol. The van der Waals surface area contributed by atoms with Crippen LogP contribution in [0.3, 0.4) is 0 Å². The number of nitrogens with one attached hydrogen (secondary N) is 3. The quantitative estimate of drug-likeness (QED) is 0.0513. The van der Waals surface area contributed by atoms with Crippen LogP contribution < -0.4 is 16.0 Å². The van der Waals surface area contributed by atoms with Crippen LogP contribution in [0.25, 0.3) is 0 Å². The number of methoxy groups -OCH3 is 3. The molecule has 2 heterocycles. The number of hydrogen-bond donors (Lipinski definition) is 3. The maximum atomic E-state index is 14.6. The maximum absolute atomic E-state index is 14.6. The normalized spacial score (nSPS) is 18.0. The first-order chi connectivity index (χ1) is 35.2. The lowest BCUT2D eigenvalue weighted by Crippen LogP contribution is -2.60. The monoisotopic (exact) mass is 1040 g/mol. The zero-order valence-corrected chi connectivity index (χ0v) is 46.1. The first-order valence-electron chi connectivity index (χ1n) is 26.2. The number of imide groups is 1. The van der Waals surface area contributed by atoms with Crippen LogP contribution in [0.5, 0.6) is 0 Å². The minimum absolute atomic E-state index is 0.0405. The molecule has 3 rings (SSSR count). The molecule has 3 N–H and O–H groups in total. The average Bonchev–Trinajstić information content (AvgIpc) is 3.99. The minimum Gasteiger partial charge on any atom is -0.467 e. The zero-order valence-electron chi connectivity index (χ0n) is 46.1. The second kappa shape index (κ2) is 32.2. The van der Waals surface area contributed by atoms with Gasteiger partial charge >= 0.3 is 5.97 Å². The molecule has 0 saturated carbocycles. The molecule has 1 aromatic rings. The fraction of sp³-hybridized carbons (Fsp3) is 0.704. The highest BCUT2D eigenvalue weighted by Crippen LogP contribution is 2.30. The van der Waals surface area contributed by atoms with Gasteiger partial charge in [-0.1, -0.05) is 85.2 Å². The third-order valence-electron chi connectivity index (χ3n) is 14.2. The van der Waals surface area contributed by atoms with Crippen molar-refractivity contribution in [1.29, 1.82) is 0 Å². The first-order valence-corrected chi connectivity index (χ1v) is 26.2. The summed E-state index contributed by atoms with van der Waals surface area (Å²) in [6.45, 7) is 15.9. The Bertz CT molecular complexity index is 1990. The van der Waals surface area contributed by atoms with Crippen LogP contribution >= 0.6 is 0 Å². The van der Waals surface area contributed by atoms with Crippen molar-refractivity contribution in [3.63, 3.8) is 0 Å². The van der Waals surface area contributed by atoms with Crippen LogP contribution in [0, 0.1) is 23.7 Å². The fourth-order valence-electron chi connectivity index (χ4n) is 9.87.